The molecular formula is C31H36N4O3. The quantitative estimate of drug-likeness (QED) is 0.435. The molecule has 38 heavy (non-hydrogen) atoms. The Morgan fingerprint density at radius 2 is 1.61 bits per heavy atom. The van der Waals surface area contributed by atoms with Crippen LogP contribution in [0.4, 0.5) is 16.2 Å². The van der Waals surface area contributed by atoms with Crippen LogP contribution in [0.15, 0.2) is 72.8 Å². The predicted molar refractivity (Wildman–Crippen MR) is 151 cm³/mol. The van der Waals surface area contributed by atoms with Crippen molar-refractivity contribution in [3.8, 4) is 0 Å². The highest BCUT2D eigenvalue weighted by molar-refractivity contribution is 6.05. The van der Waals surface area contributed by atoms with Gasteiger partial charge >= 0.3 is 6.03 Å². The lowest BCUT2D eigenvalue weighted by Gasteiger charge is -2.29. The van der Waals surface area contributed by atoms with Crippen molar-refractivity contribution in [1.29, 1.82) is 0 Å². The van der Waals surface area contributed by atoms with Crippen LogP contribution in [0, 0.1) is 13.8 Å². The SMILES string of the molecule is Cc1ccc(NC(=O)NC2CC(c3ccccc3)c3cccc(C)c3N(CC(=O)NC(C)(C)C)C2=O)cc1. The molecule has 4 rings (SSSR count). The van der Waals surface area contributed by atoms with Crippen molar-refractivity contribution in [2.75, 3.05) is 16.8 Å². The first-order valence-corrected chi connectivity index (χ1v) is 12.9. The second kappa shape index (κ2) is 11.1. The Kier molecular flexibility index (Phi) is 7.86. The van der Waals surface area contributed by atoms with Gasteiger partial charge in [-0.15, -0.1) is 0 Å². The number of hydrogen-bond acceptors (Lipinski definition) is 3. The molecule has 1 aliphatic heterocycles. The number of carbonyl (C=O) groups is 3. The lowest BCUT2D eigenvalue weighted by molar-refractivity contribution is -0.125. The van der Waals surface area contributed by atoms with Crippen molar-refractivity contribution in [2.45, 2.75) is 58.5 Å². The van der Waals surface area contributed by atoms with Crippen LogP contribution in [0.2, 0.25) is 0 Å². The first kappa shape index (κ1) is 26.9. The number of nitrogens with one attached hydrogen (secondary N) is 3. The largest absolute Gasteiger partial charge is 0.350 e. The Hall–Kier alpha value is -4.13. The van der Waals surface area contributed by atoms with E-state index in [9.17, 15) is 14.4 Å². The van der Waals surface area contributed by atoms with E-state index in [1.54, 1.807) is 0 Å². The van der Waals surface area contributed by atoms with Gasteiger partial charge in [-0.05, 0) is 69.9 Å². The Bertz CT molecular complexity index is 1310. The normalized spacial score (nSPS) is 17.3. The number of hydrogen-bond donors (Lipinski definition) is 3. The van der Waals surface area contributed by atoms with Crippen LogP contribution in [0.3, 0.4) is 0 Å². The number of benzene rings is 3. The number of nitrogens with zero attached hydrogens (tertiary/aromatic N) is 1. The smallest absolute Gasteiger partial charge is 0.319 e. The Labute approximate surface area is 224 Å². The zero-order chi connectivity index (χ0) is 27.4. The Balaban J connectivity index is 1.72. The van der Waals surface area contributed by atoms with Gasteiger partial charge in [0.05, 0.1) is 5.69 Å². The van der Waals surface area contributed by atoms with E-state index in [0.29, 0.717) is 12.1 Å². The second-order valence-electron chi connectivity index (χ2n) is 11.0. The number of amides is 4. The molecular weight excluding hydrogens is 476 g/mol. The molecule has 0 aliphatic carbocycles. The number of aryl methyl sites for hydroxylation is 2. The maximum absolute atomic E-state index is 14.1. The van der Waals surface area contributed by atoms with Crippen LogP contribution in [-0.2, 0) is 9.59 Å². The van der Waals surface area contributed by atoms with E-state index < -0.39 is 17.6 Å². The molecule has 0 radical (unpaired) electrons. The van der Waals surface area contributed by atoms with Gasteiger partial charge in [0, 0.05) is 17.1 Å². The van der Waals surface area contributed by atoms with Crippen molar-refractivity contribution in [1.82, 2.24) is 10.6 Å². The van der Waals surface area contributed by atoms with Crippen molar-refractivity contribution in [3.05, 3.63) is 95.1 Å². The molecule has 3 aromatic rings. The van der Waals surface area contributed by atoms with E-state index in [2.05, 4.69) is 16.0 Å². The van der Waals surface area contributed by atoms with Gasteiger partial charge in [-0.2, -0.15) is 0 Å². The summed E-state index contributed by atoms with van der Waals surface area (Å²) in [5, 5.41) is 8.70. The van der Waals surface area contributed by atoms with Gasteiger partial charge in [0.15, 0.2) is 0 Å². The van der Waals surface area contributed by atoms with Gasteiger partial charge in [-0.25, -0.2) is 4.79 Å². The number of carbonyl (C=O) groups excluding carboxylic acids is 3. The highest BCUT2D eigenvalue weighted by atomic mass is 16.2. The number of anilines is 2. The Morgan fingerprint density at radius 3 is 2.26 bits per heavy atom. The van der Waals surface area contributed by atoms with Crippen LogP contribution in [0.25, 0.3) is 0 Å². The highest BCUT2D eigenvalue weighted by Crippen LogP contribution is 2.40. The number of para-hydroxylation sites is 1. The van der Waals surface area contributed by atoms with Crippen molar-refractivity contribution >= 4 is 29.2 Å². The molecule has 198 valence electrons. The van der Waals surface area contributed by atoms with Crippen molar-refractivity contribution in [3.63, 3.8) is 0 Å². The van der Waals surface area contributed by atoms with Gasteiger partial charge in [0.25, 0.3) is 0 Å². The summed E-state index contributed by atoms with van der Waals surface area (Å²) in [5.41, 5.74) is 4.88. The van der Waals surface area contributed by atoms with E-state index in [1.807, 2.05) is 107 Å². The monoisotopic (exact) mass is 512 g/mol. The molecule has 0 bridgehead atoms. The third kappa shape index (κ3) is 6.40. The Morgan fingerprint density at radius 1 is 0.921 bits per heavy atom. The lowest BCUT2D eigenvalue weighted by Crippen LogP contribution is -2.53. The average Bonchev–Trinajstić information content (AvgIpc) is 2.96. The first-order chi connectivity index (χ1) is 18.0. The van der Waals surface area contributed by atoms with E-state index in [1.165, 1.54) is 4.90 Å². The lowest BCUT2D eigenvalue weighted by atomic mass is 9.85. The summed E-state index contributed by atoms with van der Waals surface area (Å²) in [5.74, 6) is -0.737. The van der Waals surface area contributed by atoms with Crippen molar-refractivity contribution < 1.29 is 14.4 Å². The summed E-state index contributed by atoms with van der Waals surface area (Å²) in [6, 6.07) is 22.0. The zero-order valence-electron chi connectivity index (χ0n) is 22.7. The predicted octanol–water partition coefficient (Wildman–Crippen LogP) is 5.28. The molecule has 0 saturated heterocycles. The van der Waals surface area contributed by atoms with Crippen molar-refractivity contribution in [2.24, 2.45) is 0 Å². The molecule has 3 N–H and O–H groups in total. The van der Waals surface area contributed by atoms with E-state index in [4.69, 9.17) is 0 Å². The van der Waals surface area contributed by atoms with Crippen LogP contribution in [0.5, 0.6) is 0 Å². The molecule has 2 atom stereocenters. The van der Waals surface area contributed by atoms with Gasteiger partial charge < -0.3 is 20.9 Å². The number of urea groups is 1. The summed E-state index contributed by atoms with van der Waals surface area (Å²) < 4.78 is 0. The molecule has 1 heterocycles. The second-order valence-corrected chi connectivity index (χ2v) is 11.0. The topological polar surface area (TPSA) is 90.5 Å². The fourth-order valence-corrected chi connectivity index (χ4v) is 4.94. The molecule has 0 saturated carbocycles. The van der Waals surface area contributed by atoms with E-state index >= 15 is 0 Å². The summed E-state index contributed by atoms with van der Waals surface area (Å²) in [4.78, 5) is 41.7. The standard InChI is InChI=1S/C31H36N4O3/c1-20-14-16-23(17-15-20)32-30(38)33-26-18-25(22-11-7-6-8-12-22)24-13-9-10-21(2)28(24)35(29(26)37)19-27(36)34-31(3,4)5/h6-17,25-26H,18-19H2,1-5H3,(H,34,36)(H2,32,33,38). The zero-order valence-corrected chi connectivity index (χ0v) is 22.7. The molecule has 3 aromatic carbocycles. The van der Waals surface area contributed by atoms with Gasteiger partial charge in [-0.3, -0.25) is 9.59 Å². The average molecular weight is 513 g/mol. The summed E-state index contributed by atoms with van der Waals surface area (Å²) in [6.07, 6.45) is 0.359. The fourth-order valence-electron chi connectivity index (χ4n) is 4.94. The van der Waals surface area contributed by atoms with Crippen LogP contribution in [0.1, 0.15) is 55.4 Å². The van der Waals surface area contributed by atoms with Gasteiger partial charge in [0.1, 0.15) is 12.6 Å². The number of rotatable bonds is 5. The molecule has 1 aliphatic rings. The van der Waals surface area contributed by atoms with Gasteiger partial charge in [-0.1, -0.05) is 66.2 Å². The maximum Gasteiger partial charge on any atom is 0.319 e. The van der Waals surface area contributed by atoms with Gasteiger partial charge in [0.2, 0.25) is 11.8 Å². The summed E-state index contributed by atoms with van der Waals surface area (Å²) in [7, 11) is 0. The van der Waals surface area contributed by atoms with Crippen LogP contribution >= 0.6 is 0 Å². The van der Waals surface area contributed by atoms with E-state index in [0.717, 1.165) is 27.9 Å². The first-order valence-electron chi connectivity index (χ1n) is 12.9. The summed E-state index contributed by atoms with van der Waals surface area (Å²) >= 11 is 0. The molecule has 0 fully saturated rings. The molecule has 7 nitrogen and oxygen atoms in total. The molecule has 7 heteroatoms. The van der Waals surface area contributed by atoms with Crippen LogP contribution < -0.4 is 20.9 Å². The molecule has 0 aromatic heterocycles. The van der Waals surface area contributed by atoms with Crippen LogP contribution in [-0.4, -0.2) is 36.0 Å². The molecule has 0 spiro atoms. The maximum atomic E-state index is 14.1. The third-order valence-electron chi connectivity index (χ3n) is 6.58. The minimum absolute atomic E-state index is 0.146. The highest BCUT2D eigenvalue weighted by Gasteiger charge is 2.38. The third-order valence-corrected chi connectivity index (χ3v) is 6.58. The fraction of sp³-hybridized carbons (Fsp3) is 0.323. The molecule has 4 amide bonds. The molecule has 2 unspecified atom stereocenters. The summed E-state index contributed by atoms with van der Waals surface area (Å²) in [6.45, 7) is 9.48. The van der Waals surface area contributed by atoms with E-state index in [-0.39, 0.29) is 24.3 Å². The number of fused-ring (bicyclic) bond motifs is 1. The minimum atomic E-state index is -0.847. The minimum Gasteiger partial charge on any atom is -0.350 e.